The molecule has 56 heavy (non-hydrogen) atoms. The molecule has 0 radical (unpaired) electrons. The van der Waals surface area contributed by atoms with Crippen molar-refractivity contribution in [2.45, 2.75) is 155 Å². The summed E-state index contributed by atoms with van der Waals surface area (Å²) in [5, 5.41) is 33.1. The number of nitrogens with one attached hydrogen (secondary N) is 2. The molecule has 7 N–H and O–H groups in total. The molecule has 3 aromatic rings. The Hall–Kier alpha value is -4.86. The Morgan fingerprint density at radius 2 is 1.34 bits per heavy atom. The molecule has 0 bridgehead atoms. The third kappa shape index (κ3) is 20.7. The molecule has 0 aliphatic rings. The summed E-state index contributed by atoms with van der Waals surface area (Å²) in [4.78, 5) is 61.6. The number of nitrogen functional groups attached to an aromatic ring is 1. The predicted molar refractivity (Wildman–Crippen MR) is 220 cm³/mol. The summed E-state index contributed by atoms with van der Waals surface area (Å²) in [5.74, 6) is -3.57. The minimum atomic E-state index is -1.68. The SMILES string of the molecule is CCCCCCCCCCCCCCCCCC(=O)O[Si](C)(C)C.Nc1nc(O)c2nc(CNc3ccc(C(=O)N[C@@H](CCC(=O)O)C(=O)O)cc3)cnc2n1. The first-order valence-electron chi connectivity index (χ1n) is 20.0. The Bertz CT molecular complexity index is 1650. The molecule has 15 nitrogen and oxygen atoms in total. The van der Waals surface area contributed by atoms with Crippen molar-refractivity contribution in [2.75, 3.05) is 11.1 Å². The molecular weight excluding hydrogens is 735 g/mol. The van der Waals surface area contributed by atoms with Crippen molar-refractivity contribution < 1.29 is 38.9 Å². The van der Waals surface area contributed by atoms with E-state index in [4.69, 9.17) is 20.4 Å². The number of carbonyl (C=O) groups excluding carboxylic acids is 2. The van der Waals surface area contributed by atoms with Crippen LogP contribution in [0.3, 0.4) is 0 Å². The van der Waals surface area contributed by atoms with Gasteiger partial charge in [-0.3, -0.25) is 14.4 Å². The van der Waals surface area contributed by atoms with Crippen LogP contribution in [0.15, 0.2) is 30.5 Å². The molecule has 2 heterocycles. The van der Waals surface area contributed by atoms with Gasteiger partial charge in [0.05, 0.1) is 18.4 Å². The van der Waals surface area contributed by atoms with Gasteiger partial charge >= 0.3 is 11.9 Å². The van der Waals surface area contributed by atoms with Crippen LogP contribution in [-0.4, -0.2) is 73.4 Å². The Kier molecular flexibility index (Phi) is 22.0. The summed E-state index contributed by atoms with van der Waals surface area (Å²) in [6.07, 6.45) is 21.8. The van der Waals surface area contributed by atoms with Crippen LogP contribution in [0.4, 0.5) is 11.6 Å². The summed E-state index contributed by atoms with van der Waals surface area (Å²) >= 11 is 0. The summed E-state index contributed by atoms with van der Waals surface area (Å²) in [6, 6.07) is 4.89. The largest absolute Gasteiger partial charge is 0.520 e. The Balaban J connectivity index is 0.000000406. The molecule has 0 fully saturated rings. The van der Waals surface area contributed by atoms with Crippen molar-refractivity contribution in [2.24, 2.45) is 0 Å². The quantitative estimate of drug-likeness (QED) is 0.0333. The zero-order valence-corrected chi connectivity index (χ0v) is 34.6. The Morgan fingerprint density at radius 3 is 1.86 bits per heavy atom. The first-order chi connectivity index (χ1) is 26.7. The third-order valence-electron chi connectivity index (χ3n) is 8.73. The van der Waals surface area contributed by atoms with Gasteiger partial charge in [0.2, 0.25) is 20.1 Å². The number of amides is 1. The third-order valence-corrected chi connectivity index (χ3v) is 9.57. The van der Waals surface area contributed by atoms with Gasteiger partial charge in [-0.2, -0.15) is 9.97 Å². The van der Waals surface area contributed by atoms with E-state index in [0.29, 0.717) is 17.8 Å². The second-order valence-corrected chi connectivity index (χ2v) is 19.4. The maximum Gasteiger partial charge on any atom is 0.326 e. The van der Waals surface area contributed by atoms with E-state index in [-0.39, 0.29) is 53.9 Å². The number of nitrogens with zero attached hydrogens (tertiary/aromatic N) is 4. The lowest BCUT2D eigenvalue weighted by Gasteiger charge is -2.17. The van der Waals surface area contributed by atoms with E-state index < -0.39 is 32.2 Å². The molecule has 3 rings (SSSR count). The number of hydrogen-bond acceptors (Lipinski definition) is 12. The highest BCUT2D eigenvalue weighted by Gasteiger charge is 2.22. The monoisotopic (exact) mass is 797 g/mol. The van der Waals surface area contributed by atoms with Crippen LogP contribution >= 0.6 is 0 Å². The number of aromatic nitrogens is 4. The molecule has 0 saturated carbocycles. The molecule has 0 aliphatic heterocycles. The van der Waals surface area contributed by atoms with Crippen molar-refractivity contribution in [1.82, 2.24) is 25.3 Å². The molecule has 1 atom stereocenters. The van der Waals surface area contributed by atoms with Crippen molar-refractivity contribution in [3.63, 3.8) is 0 Å². The number of unbranched alkanes of at least 4 members (excludes halogenated alkanes) is 14. The zero-order valence-electron chi connectivity index (χ0n) is 33.6. The summed E-state index contributed by atoms with van der Waals surface area (Å²) in [7, 11) is -1.68. The number of hydrogen-bond donors (Lipinski definition) is 6. The number of fused-ring (bicyclic) bond motifs is 1. The van der Waals surface area contributed by atoms with Crippen LogP contribution in [0.25, 0.3) is 11.2 Å². The fraction of sp³-hybridized carbons (Fsp3) is 0.600. The van der Waals surface area contributed by atoms with Crippen LogP contribution in [0.1, 0.15) is 139 Å². The Morgan fingerprint density at radius 1 is 0.786 bits per heavy atom. The second-order valence-electron chi connectivity index (χ2n) is 15.0. The lowest BCUT2D eigenvalue weighted by atomic mass is 10.0. The number of rotatable bonds is 26. The number of anilines is 2. The fourth-order valence-corrected chi connectivity index (χ4v) is 6.55. The predicted octanol–water partition coefficient (Wildman–Crippen LogP) is 7.99. The summed E-state index contributed by atoms with van der Waals surface area (Å²) in [6.45, 7) is 8.73. The summed E-state index contributed by atoms with van der Waals surface area (Å²) < 4.78 is 5.46. The van der Waals surface area contributed by atoms with Gasteiger partial charge in [0.15, 0.2) is 11.2 Å². The average Bonchev–Trinajstić information content (AvgIpc) is 3.13. The van der Waals surface area contributed by atoms with Crippen molar-refractivity contribution in [3.8, 4) is 5.88 Å². The standard InChI is InChI=1S/C21H44O2Si.C19H19N7O6/c1-5-6-7-8-9-10-11-12-13-14-15-16-17-18-19-20-21(22)23-24(2,3)4;20-19-25-15-14(17(30)26-19)23-11(8-22-15)7-21-10-3-1-9(2-4-10)16(29)24-12(18(31)32)5-6-13(27)28/h5-20H2,1-4H3;1-4,8,12,21H,5-7H2,(H,24,29)(H,27,28)(H,31,32)(H3,20,22,25,26,30)/t;12-/m.0/s1. The van der Waals surface area contributed by atoms with Gasteiger partial charge in [0, 0.05) is 24.1 Å². The minimum Gasteiger partial charge on any atom is -0.520 e. The molecular formula is C40H63N7O8Si. The number of nitrogens with two attached hydrogens (primary N) is 1. The molecule has 0 aliphatic carbocycles. The maximum absolute atomic E-state index is 12.3. The Labute approximate surface area is 331 Å². The minimum absolute atomic E-state index is 0.0175. The van der Waals surface area contributed by atoms with Gasteiger partial charge in [0.25, 0.3) is 11.9 Å². The molecule has 0 spiro atoms. The van der Waals surface area contributed by atoms with Gasteiger partial charge in [-0.05, 0) is 56.7 Å². The first kappa shape index (κ1) is 47.3. The smallest absolute Gasteiger partial charge is 0.326 e. The van der Waals surface area contributed by atoms with E-state index in [0.717, 1.165) is 6.42 Å². The number of carbonyl (C=O) groups is 4. The topological polar surface area (TPSA) is 240 Å². The van der Waals surface area contributed by atoms with Gasteiger partial charge in [0.1, 0.15) is 6.04 Å². The lowest BCUT2D eigenvalue weighted by molar-refractivity contribution is -0.140. The summed E-state index contributed by atoms with van der Waals surface area (Å²) in [5.41, 5.74) is 7.07. The fourth-order valence-electron chi connectivity index (χ4n) is 5.76. The van der Waals surface area contributed by atoms with Crippen LogP contribution < -0.4 is 16.4 Å². The second kappa shape index (κ2) is 26.1. The zero-order chi connectivity index (χ0) is 41.3. The first-order valence-corrected chi connectivity index (χ1v) is 23.4. The van der Waals surface area contributed by atoms with Gasteiger partial charge < -0.3 is 36.1 Å². The van der Waals surface area contributed by atoms with Crippen LogP contribution in [-0.2, 0) is 25.4 Å². The molecule has 2 aromatic heterocycles. The van der Waals surface area contributed by atoms with Gasteiger partial charge in [-0.1, -0.05) is 96.8 Å². The van der Waals surface area contributed by atoms with Crippen LogP contribution in [0.5, 0.6) is 5.88 Å². The number of aromatic hydroxyl groups is 1. The van der Waals surface area contributed by atoms with E-state index in [1.165, 1.54) is 108 Å². The average molecular weight is 798 g/mol. The van der Waals surface area contributed by atoms with Crippen LogP contribution in [0.2, 0.25) is 19.6 Å². The van der Waals surface area contributed by atoms with E-state index in [1.807, 2.05) is 0 Å². The van der Waals surface area contributed by atoms with E-state index in [9.17, 15) is 24.3 Å². The van der Waals surface area contributed by atoms with Crippen molar-refractivity contribution in [1.29, 1.82) is 0 Å². The number of carboxylic acids is 2. The molecule has 1 amide bonds. The van der Waals surface area contributed by atoms with Gasteiger partial charge in [-0.25, -0.2) is 14.8 Å². The van der Waals surface area contributed by atoms with E-state index in [1.54, 1.807) is 12.1 Å². The highest BCUT2D eigenvalue weighted by Crippen LogP contribution is 2.19. The molecule has 0 unspecified atom stereocenters. The van der Waals surface area contributed by atoms with Gasteiger partial charge in [-0.15, -0.1) is 0 Å². The molecule has 16 heteroatoms. The van der Waals surface area contributed by atoms with Crippen molar-refractivity contribution >= 4 is 54.9 Å². The van der Waals surface area contributed by atoms with Crippen molar-refractivity contribution in [3.05, 3.63) is 41.7 Å². The number of aliphatic carboxylic acids is 2. The number of carboxylic acid groups (broad SMARTS) is 2. The molecule has 310 valence electrons. The lowest BCUT2D eigenvalue weighted by Crippen LogP contribution is -2.41. The molecule has 1 aromatic carbocycles. The van der Waals surface area contributed by atoms with E-state index >= 15 is 0 Å². The molecule has 0 saturated heterocycles. The van der Waals surface area contributed by atoms with Crippen LogP contribution in [0, 0.1) is 0 Å². The maximum atomic E-state index is 12.3. The highest BCUT2D eigenvalue weighted by atomic mass is 28.4. The van der Waals surface area contributed by atoms with E-state index in [2.05, 4.69) is 57.1 Å². The highest BCUT2D eigenvalue weighted by molar-refractivity contribution is 6.71. The number of benzene rings is 1. The normalized spacial score (nSPS) is 11.6.